The van der Waals surface area contributed by atoms with Crippen LogP contribution in [0, 0.1) is 0 Å². The molecule has 25 heavy (non-hydrogen) atoms. The van der Waals surface area contributed by atoms with Crippen molar-refractivity contribution >= 4 is 11.6 Å². The molecule has 0 aliphatic carbocycles. The van der Waals surface area contributed by atoms with Gasteiger partial charge in [-0.15, -0.1) is 0 Å². The molecule has 1 aromatic heterocycles. The molecular weight excluding hydrogens is 314 g/mol. The van der Waals surface area contributed by atoms with Crippen LogP contribution >= 0.6 is 0 Å². The van der Waals surface area contributed by atoms with Gasteiger partial charge in [-0.2, -0.15) is 5.10 Å². The Bertz CT molecular complexity index is 744. The number of aromatic nitrogens is 1. The number of hydrazone groups is 1. The molecule has 0 saturated heterocycles. The first-order chi connectivity index (χ1) is 12.3. The molecule has 0 spiro atoms. The van der Waals surface area contributed by atoms with E-state index in [0.29, 0.717) is 12.1 Å². The van der Waals surface area contributed by atoms with Crippen molar-refractivity contribution in [2.75, 3.05) is 13.2 Å². The summed E-state index contributed by atoms with van der Waals surface area (Å²) in [6, 6.07) is 11.5. The third-order valence-corrected chi connectivity index (χ3v) is 4.13. The van der Waals surface area contributed by atoms with Crippen LogP contribution < -0.4 is 4.74 Å². The van der Waals surface area contributed by atoms with E-state index in [1.165, 1.54) is 17.9 Å². The number of unbranched alkanes of at least 4 members (excludes halogenated alkanes) is 2. The number of pyridine rings is 1. The molecule has 1 amide bonds. The summed E-state index contributed by atoms with van der Waals surface area (Å²) in [5.74, 6) is 0.739. The number of nitrogens with zero attached hydrogens (tertiary/aromatic N) is 3. The Morgan fingerprint density at radius 1 is 1.24 bits per heavy atom. The van der Waals surface area contributed by atoms with Gasteiger partial charge in [0.25, 0.3) is 5.91 Å². The molecule has 0 saturated carbocycles. The fourth-order valence-electron chi connectivity index (χ4n) is 2.75. The second-order valence-electron chi connectivity index (χ2n) is 6.05. The van der Waals surface area contributed by atoms with E-state index in [0.717, 1.165) is 36.5 Å². The Labute approximate surface area is 148 Å². The summed E-state index contributed by atoms with van der Waals surface area (Å²) >= 11 is 0. The van der Waals surface area contributed by atoms with E-state index in [4.69, 9.17) is 4.74 Å². The maximum Gasteiger partial charge on any atom is 0.275 e. The van der Waals surface area contributed by atoms with E-state index in [2.05, 4.69) is 17.0 Å². The summed E-state index contributed by atoms with van der Waals surface area (Å²) in [5.41, 5.74) is 2.48. The number of hydrogen-bond acceptors (Lipinski definition) is 4. The standard InChI is InChI=1S/C20H23N3O2/c1-2-3-4-13-25-18-9-5-7-16(14-18)19-10-12-23(22-19)20(24)17-8-6-11-21-15-17/h5-9,11,14-15H,2-4,10,12-13H2,1H3. The van der Waals surface area contributed by atoms with E-state index in [9.17, 15) is 4.79 Å². The van der Waals surface area contributed by atoms with Crippen LogP contribution in [0.1, 0.15) is 48.5 Å². The Hall–Kier alpha value is -2.69. The van der Waals surface area contributed by atoms with Crippen LogP contribution in [0.25, 0.3) is 0 Å². The van der Waals surface area contributed by atoms with E-state index in [1.54, 1.807) is 24.5 Å². The topological polar surface area (TPSA) is 54.8 Å². The third kappa shape index (κ3) is 4.44. The molecule has 130 valence electrons. The number of amides is 1. The monoisotopic (exact) mass is 337 g/mol. The average Bonchev–Trinajstić information content (AvgIpc) is 3.16. The average molecular weight is 337 g/mol. The first-order valence-corrected chi connectivity index (χ1v) is 8.80. The van der Waals surface area contributed by atoms with Crippen molar-refractivity contribution in [1.29, 1.82) is 0 Å². The van der Waals surface area contributed by atoms with Gasteiger partial charge in [0.05, 0.1) is 24.4 Å². The molecule has 2 heterocycles. The Kier molecular flexibility index (Phi) is 5.77. The van der Waals surface area contributed by atoms with E-state index >= 15 is 0 Å². The predicted molar refractivity (Wildman–Crippen MR) is 97.9 cm³/mol. The minimum atomic E-state index is -0.116. The lowest BCUT2D eigenvalue weighted by Gasteiger charge is -2.10. The van der Waals surface area contributed by atoms with Gasteiger partial charge in [0.2, 0.25) is 0 Å². The highest BCUT2D eigenvalue weighted by atomic mass is 16.5. The van der Waals surface area contributed by atoms with Gasteiger partial charge in [-0.05, 0) is 30.7 Å². The van der Waals surface area contributed by atoms with Crippen LogP contribution in [0.3, 0.4) is 0 Å². The fraction of sp³-hybridized carbons (Fsp3) is 0.350. The van der Waals surface area contributed by atoms with Gasteiger partial charge in [0, 0.05) is 24.4 Å². The molecule has 3 rings (SSSR count). The molecular formula is C20H23N3O2. The summed E-state index contributed by atoms with van der Waals surface area (Å²) in [5, 5.41) is 6.02. The Morgan fingerprint density at radius 3 is 2.96 bits per heavy atom. The quantitative estimate of drug-likeness (QED) is 0.720. The summed E-state index contributed by atoms with van der Waals surface area (Å²) in [4.78, 5) is 16.4. The predicted octanol–water partition coefficient (Wildman–Crippen LogP) is 3.90. The molecule has 1 aliphatic heterocycles. The van der Waals surface area contributed by atoms with Gasteiger partial charge >= 0.3 is 0 Å². The zero-order valence-electron chi connectivity index (χ0n) is 14.5. The zero-order chi connectivity index (χ0) is 17.5. The summed E-state index contributed by atoms with van der Waals surface area (Å²) in [7, 11) is 0. The lowest BCUT2D eigenvalue weighted by Crippen LogP contribution is -2.23. The van der Waals surface area contributed by atoms with Crippen molar-refractivity contribution in [2.24, 2.45) is 5.10 Å². The zero-order valence-corrected chi connectivity index (χ0v) is 14.5. The first kappa shape index (κ1) is 17.1. The summed E-state index contributed by atoms with van der Waals surface area (Å²) in [6.07, 6.45) is 7.39. The van der Waals surface area contributed by atoms with Gasteiger partial charge in [-0.1, -0.05) is 31.9 Å². The highest BCUT2D eigenvalue weighted by Gasteiger charge is 2.22. The lowest BCUT2D eigenvalue weighted by atomic mass is 10.1. The van der Waals surface area contributed by atoms with Crippen molar-refractivity contribution in [3.8, 4) is 5.75 Å². The van der Waals surface area contributed by atoms with Crippen molar-refractivity contribution in [3.63, 3.8) is 0 Å². The van der Waals surface area contributed by atoms with Crippen LogP contribution in [0.15, 0.2) is 53.9 Å². The van der Waals surface area contributed by atoms with Crippen LogP contribution in [0.5, 0.6) is 5.75 Å². The lowest BCUT2D eigenvalue weighted by molar-refractivity contribution is 0.0778. The normalized spacial score (nSPS) is 13.6. The summed E-state index contributed by atoms with van der Waals surface area (Å²) < 4.78 is 5.81. The second kappa shape index (κ2) is 8.42. The van der Waals surface area contributed by atoms with Gasteiger partial charge in [-0.25, -0.2) is 5.01 Å². The first-order valence-electron chi connectivity index (χ1n) is 8.80. The molecule has 0 N–H and O–H groups in total. The van der Waals surface area contributed by atoms with Crippen LogP contribution in [0.2, 0.25) is 0 Å². The summed E-state index contributed by atoms with van der Waals surface area (Å²) in [6.45, 7) is 3.50. The minimum Gasteiger partial charge on any atom is -0.494 e. The number of carbonyl (C=O) groups excluding carboxylic acids is 1. The molecule has 1 aromatic carbocycles. The van der Waals surface area contributed by atoms with Gasteiger partial charge in [-0.3, -0.25) is 9.78 Å². The molecule has 0 atom stereocenters. The largest absolute Gasteiger partial charge is 0.494 e. The fourth-order valence-corrected chi connectivity index (χ4v) is 2.75. The van der Waals surface area contributed by atoms with E-state index in [1.807, 2.05) is 24.3 Å². The van der Waals surface area contributed by atoms with Gasteiger partial charge in [0.1, 0.15) is 5.75 Å². The number of hydrogen-bond donors (Lipinski definition) is 0. The van der Waals surface area contributed by atoms with E-state index < -0.39 is 0 Å². The van der Waals surface area contributed by atoms with Crippen molar-refractivity contribution in [2.45, 2.75) is 32.6 Å². The highest BCUT2D eigenvalue weighted by Crippen LogP contribution is 2.20. The van der Waals surface area contributed by atoms with Gasteiger partial charge < -0.3 is 4.74 Å². The number of benzene rings is 1. The third-order valence-electron chi connectivity index (χ3n) is 4.13. The van der Waals surface area contributed by atoms with Crippen LogP contribution in [-0.2, 0) is 0 Å². The van der Waals surface area contributed by atoms with Crippen LogP contribution in [0.4, 0.5) is 0 Å². The molecule has 2 aromatic rings. The molecule has 1 aliphatic rings. The van der Waals surface area contributed by atoms with Crippen LogP contribution in [-0.4, -0.2) is 34.8 Å². The maximum atomic E-state index is 12.4. The SMILES string of the molecule is CCCCCOc1cccc(C2=NN(C(=O)c3cccnc3)CC2)c1. The van der Waals surface area contributed by atoms with Crippen molar-refractivity contribution < 1.29 is 9.53 Å². The molecule has 0 radical (unpaired) electrons. The van der Waals surface area contributed by atoms with Gasteiger partial charge in [0.15, 0.2) is 0 Å². The number of carbonyl (C=O) groups is 1. The minimum absolute atomic E-state index is 0.116. The molecule has 0 unspecified atom stereocenters. The van der Waals surface area contributed by atoms with Crippen molar-refractivity contribution in [3.05, 3.63) is 59.9 Å². The molecule has 0 bridgehead atoms. The Morgan fingerprint density at radius 2 is 2.16 bits per heavy atom. The van der Waals surface area contributed by atoms with Crippen molar-refractivity contribution in [1.82, 2.24) is 9.99 Å². The number of ether oxygens (including phenoxy) is 1. The second-order valence-corrected chi connectivity index (χ2v) is 6.05. The van der Waals surface area contributed by atoms with E-state index in [-0.39, 0.29) is 5.91 Å². The molecule has 5 nitrogen and oxygen atoms in total. The maximum absolute atomic E-state index is 12.4. The molecule has 0 fully saturated rings. The smallest absolute Gasteiger partial charge is 0.275 e. The highest BCUT2D eigenvalue weighted by molar-refractivity contribution is 6.04. The Balaban J connectivity index is 1.67. The number of rotatable bonds is 7. The molecule has 5 heteroatoms.